The first-order valence-electron chi connectivity index (χ1n) is 9.98. The number of fused-ring (bicyclic) bond motifs is 1. The molecule has 9 nitrogen and oxygen atoms in total. The average Bonchev–Trinajstić information content (AvgIpc) is 3.21. The van der Waals surface area contributed by atoms with Crippen LogP contribution in [0, 0.1) is 13.8 Å². The van der Waals surface area contributed by atoms with Crippen molar-refractivity contribution in [2.24, 2.45) is 7.05 Å². The van der Waals surface area contributed by atoms with Gasteiger partial charge in [-0.05, 0) is 26.0 Å². The minimum absolute atomic E-state index is 0.107. The number of hydrogen-bond donors (Lipinski definition) is 0. The van der Waals surface area contributed by atoms with Gasteiger partial charge in [0.25, 0.3) is 0 Å². The Morgan fingerprint density at radius 3 is 2.65 bits per heavy atom. The maximum Gasteiger partial charge on any atom is 0.228 e. The minimum atomic E-state index is -0.107. The number of hydrogen-bond acceptors (Lipinski definition) is 8. The van der Waals surface area contributed by atoms with Gasteiger partial charge in [0.15, 0.2) is 5.65 Å². The third-order valence-electron chi connectivity index (χ3n) is 5.35. The molecule has 4 aromatic heterocycles. The molecule has 0 radical (unpaired) electrons. The highest BCUT2D eigenvalue weighted by atomic mass is 35.5. The average molecular weight is 437 g/mol. The lowest BCUT2D eigenvalue weighted by atomic mass is 10.1. The second kappa shape index (κ2) is 7.82. The summed E-state index contributed by atoms with van der Waals surface area (Å²) in [6.07, 6.45) is 5.29. The molecular weight excluding hydrogens is 416 g/mol. The summed E-state index contributed by atoms with van der Waals surface area (Å²) in [5.41, 5.74) is 5.18. The molecular formula is C21H21ClN8O. The van der Waals surface area contributed by atoms with Crippen LogP contribution in [-0.2, 0) is 11.8 Å². The van der Waals surface area contributed by atoms with Crippen LogP contribution in [0.2, 0.25) is 5.02 Å². The molecule has 31 heavy (non-hydrogen) atoms. The molecule has 10 heteroatoms. The molecule has 1 atom stereocenters. The maximum absolute atomic E-state index is 6.04. The van der Waals surface area contributed by atoms with Crippen LogP contribution in [0.3, 0.4) is 0 Å². The molecule has 1 saturated heterocycles. The molecule has 0 aliphatic carbocycles. The van der Waals surface area contributed by atoms with Gasteiger partial charge in [0.05, 0.1) is 41.5 Å². The Labute approximate surface area is 184 Å². The van der Waals surface area contributed by atoms with E-state index in [0.717, 1.165) is 17.0 Å². The van der Waals surface area contributed by atoms with E-state index < -0.39 is 0 Å². The highest BCUT2D eigenvalue weighted by Gasteiger charge is 2.26. The van der Waals surface area contributed by atoms with Crippen molar-refractivity contribution in [3.8, 4) is 11.4 Å². The summed E-state index contributed by atoms with van der Waals surface area (Å²) in [5.74, 6) is 0.578. The standard InChI is InChI=1S/C21H21ClN8O/c1-12-13(2)26-20-19(25-12)18(16-5-4-15(22)9-23-16)27-21(28-20)30-6-7-31-17(11-30)14-8-24-29(3)10-14/h4-5,8-10,17H,6-7,11H2,1-3H3. The van der Waals surface area contributed by atoms with E-state index in [1.54, 1.807) is 16.9 Å². The summed E-state index contributed by atoms with van der Waals surface area (Å²) in [4.78, 5) is 25.6. The number of morpholine rings is 1. The Morgan fingerprint density at radius 1 is 1.06 bits per heavy atom. The Bertz CT molecular complexity index is 1260. The fourth-order valence-corrected chi connectivity index (χ4v) is 3.69. The Kier molecular flexibility index (Phi) is 4.99. The number of ether oxygens (including phenoxy) is 1. The Morgan fingerprint density at radius 2 is 1.90 bits per heavy atom. The zero-order chi connectivity index (χ0) is 21.5. The van der Waals surface area contributed by atoms with Gasteiger partial charge in [0, 0.05) is 31.5 Å². The highest BCUT2D eigenvalue weighted by molar-refractivity contribution is 6.30. The van der Waals surface area contributed by atoms with Crippen molar-refractivity contribution in [3.05, 3.63) is 52.7 Å². The van der Waals surface area contributed by atoms with Crippen LogP contribution in [0.4, 0.5) is 5.95 Å². The van der Waals surface area contributed by atoms with E-state index in [2.05, 4.69) is 20.0 Å². The van der Waals surface area contributed by atoms with Gasteiger partial charge in [-0.3, -0.25) is 9.67 Å². The van der Waals surface area contributed by atoms with Crippen LogP contribution in [0.15, 0.2) is 30.7 Å². The van der Waals surface area contributed by atoms with E-state index in [1.807, 2.05) is 39.4 Å². The van der Waals surface area contributed by atoms with E-state index >= 15 is 0 Å². The van der Waals surface area contributed by atoms with E-state index in [0.29, 0.717) is 53.2 Å². The van der Waals surface area contributed by atoms with Gasteiger partial charge in [0.1, 0.15) is 17.3 Å². The molecule has 0 bridgehead atoms. The minimum Gasteiger partial charge on any atom is -0.370 e. The van der Waals surface area contributed by atoms with Crippen molar-refractivity contribution in [3.63, 3.8) is 0 Å². The molecule has 4 aromatic rings. The van der Waals surface area contributed by atoms with Gasteiger partial charge in [-0.15, -0.1) is 0 Å². The van der Waals surface area contributed by atoms with Crippen molar-refractivity contribution in [2.45, 2.75) is 20.0 Å². The molecule has 1 aliphatic heterocycles. The number of rotatable bonds is 3. The van der Waals surface area contributed by atoms with Gasteiger partial charge in [-0.2, -0.15) is 10.1 Å². The topological polar surface area (TPSA) is 94.7 Å². The lowest BCUT2D eigenvalue weighted by Gasteiger charge is -2.32. The van der Waals surface area contributed by atoms with Crippen LogP contribution in [-0.4, -0.2) is 54.4 Å². The quantitative estimate of drug-likeness (QED) is 0.483. The first-order valence-corrected chi connectivity index (χ1v) is 10.4. The summed E-state index contributed by atoms with van der Waals surface area (Å²) >= 11 is 6.04. The molecule has 5 rings (SSSR count). The van der Waals surface area contributed by atoms with Gasteiger partial charge >= 0.3 is 0 Å². The van der Waals surface area contributed by atoms with Crippen molar-refractivity contribution in [1.82, 2.24) is 34.7 Å². The van der Waals surface area contributed by atoms with Crippen LogP contribution in [0.5, 0.6) is 0 Å². The first kappa shape index (κ1) is 19.8. The third-order valence-corrected chi connectivity index (χ3v) is 5.57. The molecule has 0 N–H and O–H groups in total. The molecule has 158 valence electrons. The summed E-state index contributed by atoms with van der Waals surface area (Å²) in [5, 5.41) is 4.82. The fourth-order valence-electron chi connectivity index (χ4n) is 3.58. The smallest absolute Gasteiger partial charge is 0.228 e. The molecule has 5 heterocycles. The number of halogens is 1. The summed E-state index contributed by atoms with van der Waals surface area (Å²) in [6, 6.07) is 3.63. The van der Waals surface area contributed by atoms with Gasteiger partial charge in [0.2, 0.25) is 5.95 Å². The number of nitrogens with zero attached hydrogens (tertiary/aromatic N) is 8. The molecule has 0 amide bonds. The van der Waals surface area contributed by atoms with Crippen LogP contribution in [0.25, 0.3) is 22.6 Å². The van der Waals surface area contributed by atoms with Gasteiger partial charge in [-0.1, -0.05) is 11.6 Å². The Balaban J connectivity index is 1.60. The largest absolute Gasteiger partial charge is 0.370 e. The van der Waals surface area contributed by atoms with E-state index in [4.69, 9.17) is 31.3 Å². The van der Waals surface area contributed by atoms with Crippen LogP contribution in [0.1, 0.15) is 23.1 Å². The van der Waals surface area contributed by atoms with E-state index in [-0.39, 0.29) is 6.10 Å². The van der Waals surface area contributed by atoms with Gasteiger partial charge < -0.3 is 9.64 Å². The number of aryl methyl sites for hydroxylation is 3. The molecule has 0 spiro atoms. The maximum atomic E-state index is 6.04. The normalized spacial score (nSPS) is 16.8. The second-order valence-corrected chi connectivity index (χ2v) is 7.99. The molecule has 0 aromatic carbocycles. The number of pyridine rings is 1. The van der Waals surface area contributed by atoms with Crippen molar-refractivity contribution < 1.29 is 4.74 Å². The molecule has 0 saturated carbocycles. The lowest BCUT2D eigenvalue weighted by Crippen LogP contribution is -2.39. The van der Waals surface area contributed by atoms with Crippen molar-refractivity contribution in [2.75, 3.05) is 24.6 Å². The second-order valence-electron chi connectivity index (χ2n) is 7.55. The highest BCUT2D eigenvalue weighted by Crippen LogP contribution is 2.29. The fraction of sp³-hybridized carbons (Fsp3) is 0.333. The summed E-state index contributed by atoms with van der Waals surface area (Å²) < 4.78 is 7.75. The van der Waals surface area contributed by atoms with Crippen molar-refractivity contribution in [1.29, 1.82) is 0 Å². The first-order chi connectivity index (χ1) is 15.0. The summed E-state index contributed by atoms with van der Waals surface area (Å²) in [6.45, 7) is 5.71. The molecule has 1 aliphatic rings. The van der Waals surface area contributed by atoms with Gasteiger partial charge in [-0.25, -0.2) is 15.0 Å². The zero-order valence-corrected chi connectivity index (χ0v) is 18.2. The molecule has 1 fully saturated rings. The van der Waals surface area contributed by atoms with E-state index in [9.17, 15) is 0 Å². The number of anilines is 1. The summed E-state index contributed by atoms with van der Waals surface area (Å²) in [7, 11) is 1.89. The molecule has 1 unspecified atom stereocenters. The Hall–Kier alpha value is -3.17. The van der Waals surface area contributed by atoms with E-state index in [1.165, 1.54) is 0 Å². The zero-order valence-electron chi connectivity index (χ0n) is 17.4. The lowest BCUT2D eigenvalue weighted by molar-refractivity contribution is 0.0392. The van der Waals surface area contributed by atoms with Crippen LogP contribution >= 0.6 is 11.6 Å². The van der Waals surface area contributed by atoms with Crippen LogP contribution < -0.4 is 4.90 Å². The third kappa shape index (κ3) is 3.82. The number of aromatic nitrogens is 7. The predicted octanol–water partition coefficient (Wildman–Crippen LogP) is 3.06. The van der Waals surface area contributed by atoms with Crippen molar-refractivity contribution >= 4 is 28.7 Å². The SMILES string of the molecule is Cc1nc2nc(N3CCOC(c4cnn(C)c4)C3)nc(-c3ccc(Cl)cn3)c2nc1C. The predicted molar refractivity (Wildman–Crippen MR) is 117 cm³/mol. The monoisotopic (exact) mass is 436 g/mol.